The summed E-state index contributed by atoms with van der Waals surface area (Å²) in [5, 5.41) is 13.3. The minimum atomic E-state index is -1.02. The van der Waals surface area contributed by atoms with E-state index in [-0.39, 0.29) is 6.42 Å². The Kier molecular flexibility index (Phi) is 7.00. The molecule has 204 valence electrons. The van der Waals surface area contributed by atoms with Crippen LogP contribution in [0.3, 0.4) is 0 Å². The molecule has 0 spiro atoms. The monoisotopic (exact) mass is 562 g/mol. The summed E-state index contributed by atoms with van der Waals surface area (Å²) >= 11 is 1.39. The number of rotatable bonds is 7. The van der Waals surface area contributed by atoms with Crippen molar-refractivity contribution in [1.82, 2.24) is 9.97 Å². The molecule has 41 heavy (non-hydrogen) atoms. The maximum absolute atomic E-state index is 13.2. The van der Waals surface area contributed by atoms with Crippen LogP contribution in [0.2, 0.25) is 0 Å². The number of aromatic nitrogens is 2. The number of nitrogens with one attached hydrogen (secondary N) is 2. The second-order valence-corrected chi connectivity index (χ2v) is 10.7. The summed E-state index contributed by atoms with van der Waals surface area (Å²) in [6.45, 7) is 1.78. The van der Waals surface area contributed by atoms with Crippen molar-refractivity contribution >= 4 is 39.2 Å². The smallest absolute Gasteiger partial charge is 0.338 e. The number of amides is 1. The normalized spacial score (nSPS) is 12.6. The number of nitriles is 1. The number of aromatic amines is 1. The van der Waals surface area contributed by atoms with Gasteiger partial charge in [0.2, 0.25) is 0 Å². The number of methoxy groups -OCH3 is 1. The van der Waals surface area contributed by atoms with Gasteiger partial charge in [-0.25, -0.2) is 9.78 Å². The number of aryl methyl sites for hydroxylation is 1. The van der Waals surface area contributed by atoms with Gasteiger partial charge in [-0.3, -0.25) is 4.79 Å². The number of hydrogen-bond acceptors (Lipinski definition) is 7. The Labute approximate surface area is 240 Å². The summed E-state index contributed by atoms with van der Waals surface area (Å²) in [7, 11) is 1.61. The van der Waals surface area contributed by atoms with Crippen LogP contribution in [0.4, 0.5) is 5.00 Å². The van der Waals surface area contributed by atoms with Crippen molar-refractivity contribution in [2.45, 2.75) is 32.3 Å². The minimum Gasteiger partial charge on any atom is -0.497 e. The number of thiophene rings is 1. The first kappa shape index (κ1) is 26.3. The van der Waals surface area contributed by atoms with Crippen LogP contribution in [-0.2, 0) is 22.4 Å². The zero-order valence-corrected chi connectivity index (χ0v) is 23.3. The van der Waals surface area contributed by atoms with Crippen LogP contribution in [0.25, 0.3) is 32.9 Å². The number of hydrogen-bond donors (Lipinski definition) is 2. The number of ether oxygens (including phenoxy) is 2. The largest absolute Gasteiger partial charge is 0.497 e. The molecule has 1 aliphatic rings. The van der Waals surface area contributed by atoms with Gasteiger partial charge in [0.15, 0.2) is 6.10 Å². The molecule has 2 aromatic heterocycles. The third kappa shape index (κ3) is 4.94. The van der Waals surface area contributed by atoms with Gasteiger partial charge in [-0.1, -0.05) is 31.2 Å². The fourth-order valence-electron chi connectivity index (χ4n) is 5.08. The summed E-state index contributed by atoms with van der Waals surface area (Å²) in [6.07, 6.45) is 0.845. The van der Waals surface area contributed by atoms with E-state index >= 15 is 0 Å². The molecule has 1 amide bonds. The Morgan fingerprint density at radius 2 is 1.93 bits per heavy atom. The molecule has 0 saturated heterocycles. The average Bonchev–Trinajstić information content (AvgIpc) is 3.60. The highest BCUT2D eigenvalue weighted by atomic mass is 32.1. The lowest BCUT2D eigenvalue weighted by molar-refractivity contribution is -0.124. The Bertz CT molecular complexity index is 1830. The van der Waals surface area contributed by atoms with E-state index in [1.54, 1.807) is 32.2 Å². The predicted octanol–water partition coefficient (Wildman–Crippen LogP) is 6.51. The van der Waals surface area contributed by atoms with E-state index in [9.17, 15) is 14.9 Å². The molecule has 0 bridgehead atoms. The van der Waals surface area contributed by atoms with E-state index in [1.165, 1.54) is 16.9 Å². The number of fused-ring (bicyclic) bond motifs is 4. The van der Waals surface area contributed by atoms with Gasteiger partial charge < -0.3 is 19.8 Å². The highest BCUT2D eigenvalue weighted by Crippen LogP contribution is 2.44. The van der Waals surface area contributed by atoms with Gasteiger partial charge in [0.05, 0.1) is 29.3 Å². The molecule has 0 saturated carbocycles. The van der Waals surface area contributed by atoms with Crippen LogP contribution >= 0.6 is 11.3 Å². The van der Waals surface area contributed by atoms with Crippen LogP contribution in [-0.4, -0.2) is 35.1 Å². The van der Waals surface area contributed by atoms with E-state index in [0.29, 0.717) is 33.0 Å². The lowest BCUT2D eigenvalue weighted by atomic mass is 9.90. The van der Waals surface area contributed by atoms with Crippen LogP contribution in [0, 0.1) is 11.3 Å². The number of benzene rings is 3. The molecular formula is C32H26N4O4S. The summed E-state index contributed by atoms with van der Waals surface area (Å²) in [6, 6.07) is 22.9. The Balaban J connectivity index is 1.19. The molecule has 3 aromatic carbocycles. The third-order valence-electron chi connectivity index (χ3n) is 7.26. The van der Waals surface area contributed by atoms with Gasteiger partial charge >= 0.3 is 5.97 Å². The molecule has 8 nitrogen and oxygen atoms in total. The van der Waals surface area contributed by atoms with E-state index in [0.717, 1.165) is 40.2 Å². The number of carbonyl (C=O) groups excluding carboxylic acids is 2. The van der Waals surface area contributed by atoms with Crippen molar-refractivity contribution < 1.29 is 19.1 Å². The van der Waals surface area contributed by atoms with Crippen molar-refractivity contribution in [2.75, 3.05) is 12.4 Å². The van der Waals surface area contributed by atoms with Crippen molar-refractivity contribution in [3.8, 4) is 33.6 Å². The fraction of sp³-hybridized carbons (Fsp3) is 0.188. The number of carbonyl (C=O) groups is 2. The number of imidazole rings is 1. The van der Waals surface area contributed by atoms with Gasteiger partial charge in [-0.15, -0.1) is 11.3 Å². The summed E-state index contributed by atoms with van der Waals surface area (Å²) < 4.78 is 10.9. The summed E-state index contributed by atoms with van der Waals surface area (Å²) in [5.74, 6) is 0.328. The third-order valence-corrected chi connectivity index (χ3v) is 8.44. The molecule has 1 aliphatic carbocycles. The van der Waals surface area contributed by atoms with Crippen LogP contribution in [0.15, 0.2) is 66.7 Å². The van der Waals surface area contributed by atoms with Crippen molar-refractivity contribution in [3.63, 3.8) is 0 Å². The molecule has 2 heterocycles. The number of anilines is 1. The first-order valence-electron chi connectivity index (χ1n) is 13.3. The molecule has 1 unspecified atom stereocenters. The van der Waals surface area contributed by atoms with E-state index in [2.05, 4.69) is 27.4 Å². The SMILES string of the molecule is CCC(OC(=O)c1ccc2nc(-c3ccc(OC)cc3)[nH]c2c1)C(=O)Nc1sc2c(c1C#N)CCc1ccccc1-2. The van der Waals surface area contributed by atoms with Gasteiger partial charge in [-0.05, 0) is 78.4 Å². The van der Waals surface area contributed by atoms with Gasteiger partial charge in [-0.2, -0.15) is 5.26 Å². The van der Waals surface area contributed by atoms with Crippen molar-refractivity contribution in [1.29, 1.82) is 5.26 Å². The highest BCUT2D eigenvalue weighted by Gasteiger charge is 2.28. The lowest BCUT2D eigenvalue weighted by Crippen LogP contribution is -2.32. The van der Waals surface area contributed by atoms with Crippen molar-refractivity contribution in [3.05, 3.63) is 89.0 Å². The quantitative estimate of drug-likeness (QED) is 0.218. The van der Waals surface area contributed by atoms with Gasteiger partial charge in [0.1, 0.15) is 22.6 Å². The zero-order chi connectivity index (χ0) is 28.5. The van der Waals surface area contributed by atoms with E-state index < -0.39 is 18.0 Å². The molecular weight excluding hydrogens is 536 g/mol. The van der Waals surface area contributed by atoms with Gasteiger partial charge in [0, 0.05) is 10.4 Å². The predicted molar refractivity (Wildman–Crippen MR) is 158 cm³/mol. The summed E-state index contributed by atoms with van der Waals surface area (Å²) in [5.41, 5.74) is 6.31. The zero-order valence-electron chi connectivity index (χ0n) is 22.5. The van der Waals surface area contributed by atoms with Gasteiger partial charge in [0.25, 0.3) is 5.91 Å². The number of nitrogens with zero attached hydrogens (tertiary/aromatic N) is 2. The first-order chi connectivity index (χ1) is 20.0. The van der Waals surface area contributed by atoms with Crippen LogP contribution in [0.5, 0.6) is 5.75 Å². The molecule has 1 atom stereocenters. The molecule has 6 rings (SSSR count). The Morgan fingerprint density at radius 3 is 2.68 bits per heavy atom. The number of H-pyrrole nitrogens is 1. The standard InChI is InChI=1S/C32H26N4O4S/c1-3-27(30(37)36-31-24(17-33)23-14-10-18-6-4-5-7-22(18)28(23)41-31)40-32(38)20-11-15-25-26(16-20)35-29(34-25)19-8-12-21(39-2)13-9-19/h4-9,11-13,15-16,27H,3,10,14H2,1-2H3,(H,34,35)(H,36,37). The summed E-state index contributed by atoms with van der Waals surface area (Å²) in [4.78, 5) is 35.2. The average molecular weight is 563 g/mol. The molecule has 0 radical (unpaired) electrons. The Hall–Kier alpha value is -4.94. The fourth-order valence-corrected chi connectivity index (χ4v) is 6.34. The molecule has 9 heteroatoms. The lowest BCUT2D eigenvalue weighted by Gasteiger charge is -2.16. The maximum Gasteiger partial charge on any atom is 0.338 e. The highest BCUT2D eigenvalue weighted by molar-refractivity contribution is 7.20. The molecule has 0 aliphatic heterocycles. The molecule has 5 aromatic rings. The van der Waals surface area contributed by atoms with Crippen molar-refractivity contribution in [2.24, 2.45) is 0 Å². The number of esters is 1. The second-order valence-electron chi connectivity index (χ2n) is 9.72. The molecule has 2 N–H and O–H groups in total. The Morgan fingerprint density at radius 1 is 1.12 bits per heavy atom. The van der Waals surface area contributed by atoms with E-state index in [4.69, 9.17) is 9.47 Å². The van der Waals surface area contributed by atoms with Crippen LogP contribution in [0.1, 0.15) is 40.4 Å². The van der Waals surface area contributed by atoms with E-state index in [1.807, 2.05) is 42.5 Å². The van der Waals surface area contributed by atoms with Crippen LogP contribution < -0.4 is 10.1 Å². The topological polar surface area (TPSA) is 117 Å². The molecule has 0 fully saturated rings. The first-order valence-corrected chi connectivity index (χ1v) is 14.1. The second kappa shape index (κ2) is 10.9. The maximum atomic E-state index is 13.2. The minimum absolute atomic E-state index is 0.279.